The summed E-state index contributed by atoms with van der Waals surface area (Å²) in [5.74, 6) is 0.756. The molecule has 2 aliphatic heterocycles. The van der Waals surface area contributed by atoms with Gasteiger partial charge in [-0.3, -0.25) is 18.9 Å². The van der Waals surface area contributed by atoms with Crippen LogP contribution in [0.5, 0.6) is 0 Å². The first kappa shape index (κ1) is 22.8. The Morgan fingerprint density at radius 1 is 1.15 bits per heavy atom. The summed E-state index contributed by atoms with van der Waals surface area (Å²) >= 11 is 6.73. The number of hydrogen-bond acceptors (Lipinski definition) is 6. The lowest BCUT2D eigenvalue weighted by molar-refractivity contribution is -0.122. The minimum absolute atomic E-state index is 0.146. The SMILES string of the molecule is Cc1ccc2nc(N3CCc4ccccc4C3)c(/C=C3\SC(=S)N(CC(C)C)C3=O)c(=O)n2c1. The molecule has 0 radical (unpaired) electrons. The highest BCUT2D eigenvalue weighted by atomic mass is 32.2. The summed E-state index contributed by atoms with van der Waals surface area (Å²) in [4.78, 5) is 36.0. The van der Waals surface area contributed by atoms with Crippen molar-refractivity contribution >= 4 is 51.7 Å². The molecule has 2 aromatic heterocycles. The fourth-order valence-electron chi connectivity index (χ4n) is 4.44. The average molecular weight is 491 g/mol. The van der Waals surface area contributed by atoms with E-state index in [2.05, 4.69) is 36.9 Å². The lowest BCUT2D eigenvalue weighted by atomic mass is 9.99. The van der Waals surface area contributed by atoms with E-state index in [1.54, 1.807) is 21.6 Å². The summed E-state index contributed by atoms with van der Waals surface area (Å²) in [5.41, 5.74) is 4.35. The van der Waals surface area contributed by atoms with E-state index < -0.39 is 0 Å². The molecular formula is C26H26N4O2S2. The van der Waals surface area contributed by atoms with Crippen molar-refractivity contribution in [1.82, 2.24) is 14.3 Å². The third-order valence-corrected chi connectivity index (χ3v) is 7.49. The van der Waals surface area contributed by atoms with Gasteiger partial charge in [-0.05, 0) is 48.1 Å². The Kier molecular flexibility index (Phi) is 6.04. The molecule has 5 rings (SSSR count). The number of benzene rings is 1. The van der Waals surface area contributed by atoms with Gasteiger partial charge in [0.1, 0.15) is 15.8 Å². The van der Waals surface area contributed by atoms with Crippen LogP contribution in [-0.2, 0) is 17.8 Å². The Bertz CT molecular complexity index is 1410. The van der Waals surface area contributed by atoms with Gasteiger partial charge >= 0.3 is 0 Å². The number of aromatic nitrogens is 2. The molecule has 2 aliphatic rings. The lowest BCUT2D eigenvalue weighted by Gasteiger charge is -2.30. The van der Waals surface area contributed by atoms with Crippen molar-refractivity contribution in [3.8, 4) is 0 Å². The Labute approximate surface area is 208 Å². The largest absolute Gasteiger partial charge is 0.351 e. The van der Waals surface area contributed by atoms with Crippen LogP contribution >= 0.6 is 24.0 Å². The second-order valence-corrected chi connectivity index (χ2v) is 10.9. The molecule has 0 saturated carbocycles. The van der Waals surface area contributed by atoms with Gasteiger partial charge in [0.05, 0.1) is 10.5 Å². The van der Waals surface area contributed by atoms with E-state index in [-0.39, 0.29) is 11.5 Å². The van der Waals surface area contributed by atoms with E-state index >= 15 is 0 Å². The Hall–Kier alpha value is -2.97. The summed E-state index contributed by atoms with van der Waals surface area (Å²) in [6, 6.07) is 12.2. The van der Waals surface area contributed by atoms with Crippen molar-refractivity contribution in [1.29, 1.82) is 0 Å². The van der Waals surface area contributed by atoms with Crippen molar-refractivity contribution in [3.05, 3.63) is 80.1 Å². The molecule has 1 amide bonds. The Morgan fingerprint density at radius 2 is 1.91 bits per heavy atom. The molecule has 0 spiro atoms. The van der Waals surface area contributed by atoms with Gasteiger partial charge in [0, 0.05) is 25.8 Å². The van der Waals surface area contributed by atoms with Crippen LogP contribution in [0.4, 0.5) is 5.82 Å². The van der Waals surface area contributed by atoms with Gasteiger partial charge in [-0.15, -0.1) is 0 Å². The van der Waals surface area contributed by atoms with E-state index in [1.807, 2.05) is 25.1 Å². The normalized spacial score (nSPS) is 17.4. The minimum Gasteiger partial charge on any atom is -0.351 e. The van der Waals surface area contributed by atoms with Crippen LogP contribution in [0.3, 0.4) is 0 Å². The number of amides is 1. The van der Waals surface area contributed by atoms with Crippen LogP contribution in [0.2, 0.25) is 0 Å². The second kappa shape index (κ2) is 9.00. The molecule has 8 heteroatoms. The topological polar surface area (TPSA) is 57.9 Å². The molecule has 1 saturated heterocycles. The highest BCUT2D eigenvalue weighted by molar-refractivity contribution is 8.26. The number of aryl methyl sites for hydroxylation is 1. The zero-order valence-corrected chi connectivity index (χ0v) is 21.1. The molecule has 4 heterocycles. The summed E-state index contributed by atoms with van der Waals surface area (Å²) in [7, 11) is 0. The maximum absolute atomic E-state index is 13.7. The van der Waals surface area contributed by atoms with Gasteiger partial charge in [0.2, 0.25) is 0 Å². The third kappa shape index (κ3) is 4.16. The predicted molar refractivity (Wildman–Crippen MR) is 142 cm³/mol. The molecular weight excluding hydrogens is 464 g/mol. The molecule has 34 heavy (non-hydrogen) atoms. The number of hydrogen-bond donors (Lipinski definition) is 0. The molecule has 1 aromatic carbocycles. The summed E-state index contributed by atoms with van der Waals surface area (Å²) in [5, 5.41) is 0. The molecule has 0 unspecified atom stereocenters. The van der Waals surface area contributed by atoms with Gasteiger partial charge in [0.15, 0.2) is 0 Å². The van der Waals surface area contributed by atoms with Crippen LogP contribution in [0, 0.1) is 12.8 Å². The fraction of sp³-hybridized carbons (Fsp3) is 0.308. The van der Waals surface area contributed by atoms with Crippen LogP contribution in [0.25, 0.3) is 11.7 Å². The third-order valence-electron chi connectivity index (χ3n) is 6.11. The highest BCUT2D eigenvalue weighted by Gasteiger charge is 2.33. The first-order chi connectivity index (χ1) is 16.3. The fourth-order valence-corrected chi connectivity index (χ4v) is 5.70. The maximum Gasteiger partial charge on any atom is 0.267 e. The van der Waals surface area contributed by atoms with Crippen LogP contribution < -0.4 is 10.5 Å². The molecule has 0 atom stereocenters. The minimum atomic E-state index is -0.184. The van der Waals surface area contributed by atoms with Gasteiger partial charge in [0.25, 0.3) is 11.5 Å². The lowest BCUT2D eigenvalue weighted by Crippen LogP contribution is -2.34. The zero-order chi connectivity index (χ0) is 24.0. The first-order valence-electron chi connectivity index (χ1n) is 11.4. The Balaban J connectivity index is 1.64. The van der Waals surface area contributed by atoms with E-state index in [0.717, 1.165) is 18.5 Å². The van der Waals surface area contributed by atoms with Gasteiger partial charge < -0.3 is 4.90 Å². The standard InChI is InChI=1S/C26H26N4O2S2/c1-16(2)13-30-25(32)21(34-26(30)33)12-20-23(27-22-9-8-17(3)14-29(22)24(20)31)28-11-10-18-6-4-5-7-19(18)15-28/h4-9,12,14,16H,10-11,13,15H2,1-3H3/b21-12-. The Morgan fingerprint density at radius 3 is 2.68 bits per heavy atom. The van der Waals surface area contributed by atoms with E-state index in [1.165, 1.54) is 22.9 Å². The predicted octanol–water partition coefficient (Wildman–Crippen LogP) is 4.42. The first-order valence-corrected chi connectivity index (χ1v) is 12.6. The summed E-state index contributed by atoms with van der Waals surface area (Å²) < 4.78 is 2.10. The number of anilines is 1. The van der Waals surface area contributed by atoms with Gasteiger partial charge in [-0.1, -0.05) is 68.2 Å². The van der Waals surface area contributed by atoms with Gasteiger partial charge in [-0.2, -0.15) is 0 Å². The van der Waals surface area contributed by atoms with Crippen molar-refractivity contribution < 1.29 is 4.79 Å². The molecule has 3 aromatic rings. The highest BCUT2D eigenvalue weighted by Crippen LogP contribution is 2.34. The number of nitrogens with zero attached hydrogens (tertiary/aromatic N) is 4. The van der Waals surface area contributed by atoms with E-state index in [9.17, 15) is 9.59 Å². The monoisotopic (exact) mass is 490 g/mol. The molecule has 174 valence electrons. The van der Waals surface area contributed by atoms with Crippen LogP contribution in [0.1, 0.15) is 36.1 Å². The maximum atomic E-state index is 13.7. The number of fused-ring (bicyclic) bond motifs is 2. The molecule has 1 fully saturated rings. The quantitative estimate of drug-likeness (QED) is 0.399. The average Bonchev–Trinajstić information content (AvgIpc) is 3.07. The van der Waals surface area contributed by atoms with Crippen molar-refractivity contribution in [2.45, 2.75) is 33.7 Å². The smallest absolute Gasteiger partial charge is 0.267 e. The summed E-state index contributed by atoms with van der Waals surface area (Å²) in [6.07, 6.45) is 4.36. The number of rotatable bonds is 4. The van der Waals surface area contributed by atoms with Crippen molar-refractivity contribution in [2.75, 3.05) is 18.0 Å². The van der Waals surface area contributed by atoms with E-state index in [4.69, 9.17) is 17.2 Å². The molecule has 6 nitrogen and oxygen atoms in total. The number of carbonyl (C=O) groups is 1. The van der Waals surface area contributed by atoms with E-state index in [0.29, 0.717) is 45.3 Å². The zero-order valence-electron chi connectivity index (χ0n) is 19.4. The molecule has 0 bridgehead atoms. The number of carbonyl (C=O) groups excluding carboxylic acids is 1. The molecule has 0 aliphatic carbocycles. The number of pyridine rings is 1. The van der Waals surface area contributed by atoms with Gasteiger partial charge in [-0.25, -0.2) is 4.98 Å². The van der Waals surface area contributed by atoms with Crippen molar-refractivity contribution in [3.63, 3.8) is 0 Å². The number of thioether (sulfide) groups is 1. The van der Waals surface area contributed by atoms with Crippen LogP contribution in [-0.4, -0.2) is 37.6 Å². The molecule has 0 N–H and O–H groups in total. The van der Waals surface area contributed by atoms with Crippen LogP contribution in [0.15, 0.2) is 52.3 Å². The number of thiocarbonyl (C=S) groups is 1. The van der Waals surface area contributed by atoms with Crippen molar-refractivity contribution in [2.24, 2.45) is 5.92 Å². The second-order valence-electron chi connectivity index (χ2n) is 9.22. The summed E-state index contributed by atoms with van der Waals surface area (Å²) in [6.45, 7) is 8.03.